The highest BCUT2D eigenvalue weighted by atomic mass is 16.5. The minimum atomic E-state index is -0.805. The molecule has 0 aromatic heterocycles. The lowest BCUT2D eigenvalue weighted by Crippen LogP contribution is -2.44. The summed E-state index contributed by atoms with van der Waals surface area (Å²) >= 11 is 0. The minimum absolute atomic E-state index is 0.0932. The lowest BCUT2D eigenvalue weighted by Gasteiger charge is -2.30. The van der Waals surface area contributed by atoms with Crippen LogP contribution in [0, 0.1) is 5.92 Å². The molecule has 0 bridgehead atoms. The van der Waals surface area contributed by atoms with Gasteiger partial charge in [0.2, 0.25) is 0 Å². The number of amides is 1. The first-order valence-corrected chi connectivity index (χ1v) is 9.09. The molecule has 0 aliphatic rings. The zero-order valence-electron chi connectivity index (χ0n) is 15.9. The van der Waals surface area contributed by atoms with Gasteiger partial charge in [-0.1, -0.05) is 34.1 Å². The second-order valence-corrected chi connectivity index (χ2v) is 6.86. The van der Waals surface area contributed by atoms with E-state index in [4.69, 9.17) is 9.47 Å². The Hall–Kier alpha value is -1.55. The van der Waals surface area contributed by atoms with Gasteiger partial charge in [0.1, 0.15) is 11.4 Å². The number of hydrogen-bond acceptors (Lipinski definition) is 3. The fraction of sp³-hybridized carbons (Fsp3) is 0.650. The second kappa shape index (κ2) is 10.3. The van der Waals surface area contributed by atoms with Gasteiger partial charge in [0.25, 0.3) is 5.91 Å². The molecule has 0 fully saturated rings. The number of rotatable bonds is 11. The average molecular weight is 335 g/mol. The van der Waals surface area contributed by atoms with Gasteiger partial charge in [-0.05, 0) is 56.4 Å². The summed E-state index contributed by atoms with van der Waals surface area (Å²) in [6.07, 6.45) is 3.74. The van der Waals surface area contributed by atoms with Crippen molar-refractivity contribution in [2.45, 2.75) is 65.9 Å². The van der Waals surface area contributed by atoms with Crippen LogP contribution in [0.5, 0.6) is 5.75 Å². The first kappa shape index (κ1) is 20.5. The van der Waals surface area contributed by atoms with Gasteiger partial charge < -0.3 is 14.8 Å². The highest BCUT2D eigenvalue weighted by Gasteiger charge is 2.34. The van der Waals surface area contributed by atoms with E-state index in [0.717, 1.165) is 37.3 Å². The Morgan fingerprint density at radius 3 is 2.33 bits per heavy atom. The zero-order valence-corrected chi connectivity index (χ0v) is 15.9. The molecule has 0 aliphatic carbocycles. The highest BCUT2D eigenvalue weighted by Crippen LogP contribution is 2.24. The molecule has 1 rings (SSSR count). The van der Waals surface area contributed by atoms with Crippen LogP contribution < -0.4 is 10.1 Å². The molecule has 0 saturated carbocycles. The summed E-state index contributed by atoms with van der Waals surface area (Å²) in [6, 6.07) is 7.51. The Morgan fingerprint density at radius 2 is 1.79 bits per heavy atom. The van der Waals surface area contributed by atoms with E-state index in [-0.39, 0.29) is 5.91 Å². The summed E-state index contributed by atoms with van der Waals surface area (Å²) < 4.78 is 11.5. The third kappa shape index (κ3) is 6.91. The summed E-state index contributed by atoms with van der Waals surface area (Å²) in [5, 5.41) is 2.97. The van der Waals surface area contributed by atoms with E-state index < -0.39 is 5.60 Å². The molecule has 0 spiro atoms. The fourth-order valence-corrected chi connectivity index (χ4v) is 2.56. The number of nitrogens with one attached hydrogen (secondary N) is 1. The smallest absolute Gasteiger partial charge is 0.256 e. The second-order valence-electron chi connectivity index (χ2n) is 6.86. The van der Waals surface area contributed by atoms with E-state index >= 15 is 0 Å². The van der Waals surface area contributed by atoms with Crippen molar-refractivity contribution in [2.24, 2.45) is 5.92 Å². The Kier molecular flexibility index (Phi) is 8.83. The molecule has 1 aromatic carbocycles. The van der Waals surface area contributed by atoms with Crippen LogP contribution in [0.4, 0.5) is 5.69 Å². The van der Waals surface area contributed by atoms with Crippen molar-refractivity contribution in [3.63, 3.8) is 0 Å². The van der Waals surface area contributed by atoms with Crippen LogP contribution in [0.1, 0.15) is 60.3 Å². The predicted octanol–water partition coefficient (Wildman–Crippen LogP) is 5.04. The van der Waals surface area contributed by atoms with Gasteiger partial charge in [0, 0.05) is 12.3 Å². The number of benzene rings is 1. The largest absolute Gasteiger partial charge is 0.494 e. The first-order chi connectivity index (χ1) is 11.4. The summed E-state index contributed by atoms with van der Waals surface area (Å²) in [6.45, 7) is 11.6. The molecule has 0 unspecified atom stereocenters. The van der Waals surface area contributed by atoms with Gasteiger partial charge in [-0.2, -0.15) is 0 Å². The minimum Gasteiger partial charge on any atom is -0.494 e. The average Bonchev–Trinajstić information content (AvgIpc) is 2.54. The Bertz CT molecular complexity index is 484. The maximum absolute atomic E-state index is 12.7. The number of ether oxygens (including phenoxy) is 2. The van der Waals surface area contributed by atoms with Crippen molar-refractivity contribution in [1.82, 2.24) is 0 Å². The van der Waals surface area contributed by atoms with Crippen molar-refractivity contribution >= 4 is 11.6 Å². The molecule has 1 N–H and O–H groups in total. The molecule has 1 aromatic rings. The van der Waals surface area contributed by atoms with Crippen LogP contribution in [-0.4, -0.2) is 24.7 Å². The van der Waals surface area contributed by atoms with E-state index in [1.165, 1.54) is 0 Å². The maximum Gasteiger partial charge on any atom is 0.256 e. The molecule has 0 saturated heterocycles. The number of unbranched alkanes of at least 4 members (excludes halogenated alkanes) is 1. The van der Waals surface area contributed by atoms with Gasteiger partial charge in [-0.15, -0.1) is 0 Å². The molecule has 0 heterocycles. The van der Waals surface area contributed by atoms with Crippen LogP contribution in [0.15, 0.2) is 24.3 Å². The summed E-state index contributed by atoms with van der Waals surface area (Å²) in [7, 11) is 0. The van der Waals surface area contributed by atoms with E-state index in [2.05, 4.69) is 26.1 Å². The lowest BCUT2D eigenvalue weighted by atomic mass is 9.93. The predicted molar refractivity (Wildman–Crippen MR) is 99.6 cm³/mol. The van der Waals surface area contributed by atoms with Gasteiger partial charge in [0.05, 0.1) is 6.61 Å². The van der Waals surface area contributed by atoms with Crippen molar-refractivity contribution in [3.05, 3.63) is 24.3 Å². The van der Waals surface area contributed by atoms with Crippen LogP contribution in [-0.2, 0) is 9.53 Å². The quantitative estimate of drug-likeness (QED) is 0.577. The van der Waals surface area contributed by atoms with Crippen LogP contribution >= 0.6 is 0 Å². The molecular weight excluding hydrogens is 302 g/mol. The Labute approximate surface area is 146 Å². The number of carbonyl (C=O) groups excluding carboxylic acids is 1. The van der Waals surface area contributed by atoms with Crippen LogP contribution in [0.3, 0.4) is 0 Å². The van der Waals surface area contributed by atoms with Gasteiger partial charge >= 0.3 is 0 Å². The van der Waals surface area contributed by atoms with Crippen LogP contribution in [0.2, 0.25) is 0 Å². The fourth-order valence-electron chi connectivity index (χ4n) is 2.56. The summed E-state index contributed by atoms with van der Waals surface area (Å²) in [5.41, 5.74) is -0.0431. The van der Waals surface area contributed by atoms with Crippen molar-refractivity contribution in [2.75, 3.05) is 18.5 Å². The summed E-state index contributed by atoms with van der Waals surface area (Å²) in [5.74, 6) is 1.12. The van der Waals surface area contributed by atoms with Gasteiger partial charge in [0.15, 0.2) is 0 Å². The first-order valence-electron chi connectivity index (χ1n) is 9.09. The van der Waals surface area contributed by atoms with E-state index in [9.17, 15) is 4.79 Å². The van der Waals surface area contributed by atoms with Gasteiger partial charge in [-0.25, -0.2) is 0 Å². The molecule has 0 aliphatic heterocycles. The summed E-state index contributed by atoms with van der Waals surface area (Å²) in [4.78, 5) is 12.7. The van der Waals surface area contributed by atoms with Crippen molar-refractivity contribution in [3.8, 4) is 5.75 Å². The van der Waals surface area contributed by atoms with E-state index in [0.29, 0.717) is 18.9 Å². The third-order valence-corrected chi connectivity index (χ3v) is 3.78. The van der Waals surface area contributed by atoms with Crippen molar-refractivity contribution < 1.29 is 14.3 Å². The third-order valence-electron chi connectivity index (χ3n) is 3.78. The standard InChI is InChI=1S/C20H33NO3/c1-6-8-14-23-18-11-9-17(10-12-18)21-19(22)20(5,15-16(3)4)24-13-7-2/h9-12,16H,6-8,13-15H2,1-5H3,(H,21,22)/t20-/m0/s1. The Morgan fingerprint density at radius 1 is 1.12 bits per heavy atom. The normalized spacial score (nSPS) is 13.6. The molecule has 1 amide bonds. The topological polar surface area (TPSA) is 47.6 Å². The molecule has 4 heteroatoms. The molecule has 136 valence electrons. The number of hydrogen-bond donors (Lipinski definition) is 1. The maximum atomic E-state index is 12.7. The van der Waals surface area contributed by atoms with E-state index in [1.54, 1.807) is 0 Å². The number of carbonyl (C=O) groups is 1. The molecule has 1 atom stereocenters. The number of anilines is 1. The zero-order chi connectivity index (χ0) is 18.0. The highest BCUT2D eigenvalue weighted by molar-refractivity contribution is 5.97. The van der Waals surface area contributed by atoms with Crippen molar-refractivity contribution in [1.29, 1.82) is 0 Å². The van der Waals surface area contributed by atoms with Gasteiger partial charge in [-0.3, -0.25) is 4.79 Å². The SMILES string of the molecule is CCCCOc1ccc(NC(=O)[C@](C)(CC(C)C)OCCC)cc1. The van der Waals surface area contributed by atoms with E-state index in [1.807, 2.05) is 38.1 Å². The molecule has 4 nitrogen and oxygen atoms in total. The molecule has 24 heavy (non-hydrogen) atoms. The monoisotopic (exact) mass is 335 g/mol. The molecule has 0 radical (unpaired) electrons. The van der Waals surface area contributed by atoms with Crippen LogP contribution in [0.25, 0.3) is 0 Å². The lowest BCUT2D eigenvalue weighted by molar-refractivity contribution is -0.141. The Balaban J connectivity index is 2.68. The molecular formula is C20H33NO3.